The first-order chi connectivity index (χ1) is 7.76. The van der Waals surface area contributed by atoms with Crippen LogP contribution in [-0.2, 0) is 0 Å². The summed E-state index contributed by atoms with van der Waals surface area (Å²) >= 11 is 0. The topological polar surface area (TPSA) is 35.2 Å². The molecular formula is C14H21NO. The van der Waals surface area contributed by atoms with Gasteiger partial charge in [-0.2, -0.15) is 0 Å². The lowest BCUT2D eigenvalue weighted by Crippen LogP contribution is -2.45. The van der Waals surface area contributed by atoms with E-state index in [9.17, 15) is 0 Å². The van der Waals surface area contributed by atoms with E-state index in [-0.39, 0.29) is 0 Å². The summed E-state index contributed by atoms with van der Waals surface area (Å²) in [6, 6.07) is 8.86. The van der Waals surface area contributed by atoms with Crippen LogP contribution in [0.4, 0.5) is 0 Å². The summed E-state index contributed by atoms with van der Waals surface area (Å²) in [7, 11) is 0. The second-order valence-electron chi connectivity index (χ2n) is 4.58. The predicted octanol–water partition coefficient (Wildman–Crippen LogP) is 2.93. The molecule has 0 amide bonds. The Kier molecular flexibility index (Phi) is 3.49. The van der Waals surface area contributed by atoms with Gasteiger partial charge >= 0.3 is 0 Å². The van der Waals surface area contributed by atoms with Gasteiger partial charge in [0.25, 0.3) is 0 Å². The van der Waals surface area contributed by atoms with Gasteiger partial charge in [-0.15, -0.1) is 0 Å². The summed E-state index contributed by atoms with van der Waals surface area (Å²) in [5, 5.41) is 0. The lowest BCUT2D eigenvalue weighted by Gasteiger charge is -2.42. The van der Waals surface area contributed by atoms with Crippen molar-refractivity contribution in [1.82, 2.24) is 0 Å². The summed E-state index contributed by atoms with van der Waals surface area (Å²) < 4.78 is 5.53. The SMILES string of the molecule is CCOc1cccc(C2CC(N)C2CC)c1. The van der Waals surface area contributed by atoms with Crippen LogP contribution in [0.1, 0.15) is 38.2 Å². The highest BCUT2D eigenvalue weighted by Gasteiger charge is 2.37. The normalized spacial score (nSPS) is 28.6. The first-order valence-electron chi connectivity index (χ1n) is 6.24. The van der Waals surface area contributed by atoms with Crippen LogP contribution >= 0.6 is 0 Å². The molecule has 0 saturated heterocycles. The van der Waals surface area contributed by atoms with E-state index in [4.69, 9.17) is 10.5 Å². The summed E-state index contributed by atoms with van der Waals surface area (Å²) in [5.74, 6) is 2.27. The summed E-state index contributed by atoms with van der Waals surface area (Å²) in [6.07, 6.45) is 2.29. The minimum absolute atomic E-state index is 0.394. The van der Waals surface area contributed by atoms with Gasteiger partial charge < -0.3 is 10.5 Å². The molecule has 1 saturated carbocycles. The Hall–Kier alpha value is -1.02. The monoisotopic (exact) mass is 219 g/mol. The number of hydrogen-bond donors (Lipinski definition) is 1. The molecule has 3 atom stereocenters. The Bertz CT molecular complexity index is 350. The standard InChI is InChI=1S/C14H21NO/c1-3-12-13(9-14(12)15)10-6-5-7-11(8-10)16-4-2/h5-8,12-14H,3-4,9,15H2,1-2H3. The maximum Gasteiger partial charge on any atom is 0.119 e. The fourth-order valence-electron chi connectivity index (χ4n) is 2.72. The van der Waals surface area contributed by atoms with Crippen molar-refractivity contribution in [2.45, 2.75) is 38.6 Å². The highest BCUT2D eigenvalue weighted by Crippen LogP contribution is 2.44. The van der Waals surface area contributed by atoms with Gasteiger partial charge in [-0.25, -0.2) is 0 Å². The van der Waals surface area contributed by atoms with Crippen LogP contribution in [0.2, 0.25) is 0 Å². The zero-order valence-corrected chi connectivity index (χ0v) is 10.1. The molecular weight excluding hydrogens is 198 g/mol. The van der Waals surface area contributed by atoms with Crippen molar-refractivity contribution in [1.29, 1.82) is 0 Å². The average Bonchev–Trinajstić information content (AvgIpc) is 2.27. The van der Waals surface area contributed by atoms with Crippen molar-refractivity contribution in [3.8, 4) is 5.75 Å². The Morgan fingerprint density at radius 2 is 2.19 bits per heavy atom. The summed E-state index contributed by atoms with van der Waals surface area (Å²) in [5.41, 5.74) is 7.41. The first kappa shape index (κ1) is 11.5. The second kappa shape index (κ2) is 4.88. The molecule has 2 rings (SSSR count). The van der Waals surface area contributed by atoms with Crippen LogP contribution < -0.4 is 10.5 Å². The third-order valence-electron chi connectivity index (χ3n) is 3.66. The molecule has 3 unspecified atom stereocenters. The zero-order valence-electron chi connectivity index (χ0n) is 10.1. The molecule has 1 aliphatic rings. The molecule has 1 fully saturated rings. The molecule has 0 spiro atoms. The van der Waals surface area contributed by atoms with Crippen molar-refractivity contribution < 1.29 is 4.74 Å². The summed E-state index contributed by atoms with van der Waals surface area (Å²) in [6.45, 7) is 4.97. The van der Waals surface area contributed by atoms with E-state index in [0.717, 1.165) is 18.8 Å². The van der Waals surface area contributed by atoms with Crippen LogP contribution in [0.5, 0.6) is 5.75 Å². The van der Waals surface area contributed by atoms with Crippen molar-refractivity contribution in [2.24, 2.45) is 11.7 Å². The van der Waals surface area contributed by atoms with Gasteiger partial charge in [0, 0.05) is 6.04 Å². The van der Waals surface area contributed by atoms with Gasteiger partial charge in [0.05, 0.1) is 6.61 Å². The predicted molar refractivity (Wildman–Crippen MR) is 66.7 cm³/mol. The van der Waals surface area contributed by atoms with E-state index < -0.39 is 0 Å². The fourth-order valence-corrected chi connectivity index (χ4v) is 2.72. The maximum atomic E-state index is 6.03. The molecule has 0 radical (unpaired) electrons. The van der Waals surface area contributed by atoms with E-state index in [2.05, 4.69) is 25.1 Å². The highest BCUT2D eigenvalue weighted by atomic mass is 16.5. The Labute approximate surface area is 97.8 Å². The Balaban J connectivity index is 2.12. The van der Waals surface area contributed by atoms with Crippen molar-refractivity contribution in [3.63, 3.8) is 0 Å². The molecule has 2 N–H and O–H groups in total. The quantitative estimate of drug-likeness (QED) is 0.845. The Morgan fingerprint density at radius 3 is 2.81 bits per heavy atom. The van der Waals surface area contributed by atoms with E-state index in [1.807, 2.05) is 13.0 Å². The third-order valence-corrected chi connectivity index (χ3v) is 3.66. The molecule has 1 aromatic carbocycles. The first-order valence-corrected chi connectivity index (χ1v) is 6.24. The largest absolute Gasteiger partial charge is 0.494 e. The van der Waals surface area contributed by atoms with Crippen LogP contribution in [0.15, 0.2) is 24.3 Å². The lowest BCUT2D eigenvalue weighted by molar-refractivity contribution is 0.198. The van der Waals surface area contributed by atoms with Crippen molar-refractivity contribution in [2.75, 3.05) is 6.61 Å². The molecule has 1 aromatic rings. The number of rotatable bonds is 4. The van der Waals surface area contributed by atoms with Gasteiger partial charge in [0.15, 0.2) is 0 Å². The second-order valence-corrected chi connectivity index (χ2v) is 4.58. The smallest absolute Gasteiger partial charge is 0.119 e. The maximum absolute atomic E-state index is 6.03. The van der Waals surface area contributed by atoms with Gasteiger partial charge in [0.1, 0.15) is 5.75 Å². The lowest BCUT2D eigenvalue weighted by atomic mass is 9.65. The van der Waals surface area contributed by atoms with E-state index >= 15 is 0 Å². The number of nitrogens with two attached hydrogens (primary N) is 1. The minimum atomic E-state index is 0.394. The number of hydrogen-bond acceptors (Lipinski definition) is 2. The van der Waals surface area contributed by atoms with Gasteiger partial charge in [-0.1, -0.05) is 25.5 Å². The van der Waals surface area contributed by atoms with Crippen molar-refractivity contribution in [3.05, 3.63) is 29.8 Å². The molecule has 0 aliphatic heterocycles. The van der Waals surface area contributed by atoms with Crippen molar-refractivity contribution >= 4 is 0 Å². The van der Waals surface area contributed by atoms with Crippen LogP contribution in [0.3, 0.4) is 0 Å². The van der Waals surface area contributed by atoms with E-state index in [0.29, 0.717) is 17.9 Å². The molecule has 0 bridgehead atoms. The van der Waals surface area contributed by atoms with Crippen LogP contribution in [0, 0.1) is 5.92 Å². The third kappa shape index (κ3) is 2.07. The van der Waals surface area contributed by atoms with Crippen LogP contribution in [0.25, 0.3) is 0 Å². The Morgan fingerprint density at radius 1 is 1.38 bits per heavy atom. The molecule has 16 heavy (non-hydrogen) atoms. The zero-order chi connectivity index (χ0) is 11.5. The van der Waals surface area contributed by atoms with Gasteiger partial charge in [-0.3, -0.25) is 0 Å². The number of benzene rings is 1. The minimum Gasteiger partial charge on any atom is -0.494 e. The molecule has 88 valence electrons. The molecule has 2 heteroatoms. The number of ether oxygens (including phenoxy) is 1. The van der Waals surface area contributed by atoms with E-state index in [1.165, 1.54) is 12.0 Å². The van der Waals surface area contributed by atoms with Gasteiger partial charge in [0.2, 0.25) is 0 Å². The summed E-state index contributed by atoms with van der Waals surface area (Å²) in [4.78, 5) is 0. The fraction of sp³-hybridized carbons (Fsp3) is 0.571. The van der Waals surface area contributed by atoms with Crippen LogP contribution in [-0.4, -0.2) is 12.6 Å². The van der Waals surface area contributed by atoms with Gasteiger partial charge in [-0.05, 0) is 42.9 Å². The average molecular weight is 219 g/mol. The molecule has 0 heterocycles. The highest BCUT2D eigenvalue weighted by molar-refractivity contribution is 5.33. The molecule has 1 aliphatic carbocycles. The molecule has 0 aromatic heterocycles. The van der Waals surface area contributed by atoms with E-state index in [1.54, 1.807) is 0 Å². The molecule has 2 nitrogen and oxygen atoms in total.